The van der Waals surface area contributed by atoms with Gasteiger partial charge in [0, 0.05) is 12.6 Å². The molecule has 2 N–H and O–H groups in total. The molecule has 0 aromatic heterocycles. The van der Waals surface area contributed by atoms with Gasteiger partial charge < -0.3 is 15.2 Å². The molecule has 2 aromatic rings. The first-order valence-electron chi connectivity index (χ1n) is 10.3. The van der Waals surface area contributed by atoms with E-state index in [0.717, 1.165) is 38.0 Å². The minimum atomic E-state index is -0.666. The number of hydrogen-bond donors (Lipinski definition) is 2. The van der Waals surface area contributed by atoms with Gasteiger partial charge >= 0.3 is 5.97 Å². The van der Waals surface area contributed by atoms with Crippen molar-refractivity contribution in [1.29, 1.82) is 0 Å². The maximum absolute atomic E-state index is 11.0. The molecule has 4 nitrogen and oxygen atoms in total. The van der Waals surface area contributed by atoms with Crippen molar-refractivity contribution in [2.24, 2.45) is 11.8 Å². The number of aliphatic carboxylic acids is 1. The van der Waals surface area contributed by atoms with Gasteiger partial charge in [-0.15, -0.1) is 0 Å². The van der Waals surface area contributed by atoms with Crippen molar-refractivity contribution in [3.05, 3.63) is 65.2 Å². The number of ether oxygens (including phenoxy) is 1. The molecule has 0 heterocycles. The molecule has 0 bridgehead atoms. The molecule has 1 aliphatic carbocycles. The molecule has 3 rings (SSSR count). The van der Waals surface area contributed by atoms with Crippen LogP contribution in [0.2, 0.25) is 0 Å². The molecule has 1 saturated carbocycles. The van der Waals surface area contributed by atoms with Crippen LogP contribution in [0.15, 0.2) is 48.5 Å². The Bertz CT molecular complexity index is 752. The molecule has 0 spiro atoms. The fourth-order valence-corrected chi connectivity index (χ4v) is 3.77. The highest BCUT2D eigenvalue weighted by molar-refractivity contribution is 5.70. The lowest BCUT2D eigenvalue weighted by atomic mass is 10.0. The minimum Gasteiger partial charge on any atom is -0.489 e. The number of carboxylic acid groups (broad SMARTS) is 1. The second kappa shape index (κ2) is 9.74. The van der Waals surface area contributed by atoms with Crippen LogP contribution in [0.3, 0.4) is 0 Å². The van der Waals surface area contributed by atoms with Crippen molar-refractivity contribution >= 4 is 5.97 Å². The second-order valence-corrected chi connectivity index (χ2v) is 8.27. The lowest BCUT2D eigenvalue weighted by Gasteiger charge is -2.13. The van der Waals surface area contributed by atoms with Gasteiger partial charge in [-0.25, -0.2) is 0 Å². The van der Waals surface area contributed by atoms with Crippen molar-refractivity contribution in [2.75, 3.05) is 0 Å². The Balaban J connectivity index is 1.42. The van der Waals surface area contributed by atoms with Gasteiger partial charge in [0.05, 0.1) is 5.92 Å². The first-order valence-corrected chi connectivity index (χ1v) is 10.3. The second-order valence-electron chi connectivity index (χ2n) is 8.27. The van der Waals surface area contributed by atoms with Gasteiger partial charge in [-0.1, -0.05) is 50.2 Å². The third kappa shape index (κ3) is 6.10. The predicted octanol–water partition coefficient (Wildman–Crippen LogP) is 4.81. The molecule has 0 radical (unpaired) electrons. The Morgan fingerprint density at radius 2 is 1.68 bits per heavy atom. The van der Waals surface area contributed by atoms with Crippen LogP contribution >= 0.6 is 0 Å². The number of rotatable bonds is 9. The highest BCUT2D eigenvalue weighted by atomic mass is 16.5. The molecule has 1 fully saturated rings. The van der Waals surface area contributed by atoms with Gasteiger partial charge in [0.15, 0.2) is 0 Å². The molecule has 2 unspecified atom stereocenters. The zero-order valence-electron chi connectivity index (χ0n) is 16.9. The van der Waals surface area contributed by atoms with Crippen LogP contribution in [0.1, 0.15) is 49.8 Å². The Kier molecular flexibility index (Phi) is 7.10. The van der Waals surface area contributed by atoms with E-state index in [1.807, 2.05) is 12.1 Å². The number of carbonyl (C=O) groups is 1. The van der Waals surface area contributed by atoms with Gasteiger partial charge in [-0.3, -0.25) is 4.79 Å². The lowest BCUT2D eigenvalue weighted by Crippen LogP contribution is -2.26. The summed E-state index contributed by atoms with van der Waals surface area (Å²) in [7, 11) is 0. The maximum atomic E-state index is 11.0. The van der Waals surface area contributed by atoms with E-state index in [9.17, 15) is 4.79 Å². The molecular formula is C24H31NO3. The molecule has 150 valence electrons. The predicted molar refractivity (Wildman–Crippen MR) is 111 cm³/mol. The number of nitrogens with one attached hydrogen (secondary N) is 1. The zero-order valence-corrected chi connectivity index (χ0v) is 16.9. The molecule has 2 aromatic carbocycles. The van der Waals surface area contributed by atoms with Gasteiger partial charge in [-0.2, -0.15) is 0 Å². The van der Waals surface area contributed by atoms with E-state index < -0.39 is 5.97 Å². The highest BCUT2D eigenvalue weighted by Crippen LogP contribution is 2.26. The summed E-state index contributed by atoms with van der Waals surface area (Å²) >= 11 is 0. The summed E-state index contributed by atoms with van der Waals surface area (Å²) < 4.78 is 5.90. The molecule has 1 aliphatic rings. The summed E-state index contributed by atoms with van der Waals surface area (Å²) in [4.78, 5) is 11.0. The summed E-state index contributed by atoms with van der Waals surface area (Å²) in [6.07, 6.45) is 3.55. The van der Waals surface area contributed by atoms with Crippen molar-refractivity contribution in [3.8, 4) is 5.75 Å². The van der Waals surface area contributed by atoms with E-state index in [1.54, 1.807) is 0 Å². The standard InChI is InChI=1S/C24H31NO3/c1-17(2)13-18-3-5-20(6-4-18)16-28-23-11-7-19(8-12-23)15-25-22-10-9-21(14-22)24(26)27/h3-8,11-12,17,21-22,25H,9-10,13-16H2,1-2H3,(H,26,27). The lowest BCUT2D eigenvalue weighted by molar-refractivity contribution is -0.141. The van der Waals surface area contributed by atoms with Crippen LogP contribution < -0.4 is 10.1 Å². The van der Waals surface area contributed by atoms with Gasteiger partial charge in [0.2, 0.25) is 0 Å². The Morgan fingerprint density at radius 1 is 1.04 bits per heavy atom. The Labute approximate surface area is 167 Å². The van der Waals surface area contributed by atoms with Crippen LogP contribution in [-0.4, -0.2) is 17.1 Å². The largest absolute Gasteiger partial charge is 0.489 e. The summed E-state index contributed by atoms with van der Waals surface area (Å²) in [5, 5.41) is 12.6. The molecule has 0 amide bonds. The van der Waals surface area contributed by atoms with E-state index >= 15 is 0 Å². The molecule has 4 heteroatoms. The van der Waals surface area contributed by atoms with Gasteiger partial charge in [0.25, 0.3) is 0 Å². The van der Waals surface area contributed by atoms with Crippen LogP contribution in [-0.2, 0) is 24.4 Å². The molecular weight excluding hydrogens is 350 g/mol. The van der Waals surface area contributed by atoms with Crippen molar-refractivity contribution in [2.45, 2.75) is 58.7 Å². The van der Waals surface area contributed by atoms with Crippen molar-refractivity contribution in [3.63, 3.8) is 0 Å². The van der Waals surface area contributed by atoms with E-state index in [4.69, 9.17) is 9.84 Å². The third-order valence-corrected chi connectivity index (χ3v) is 5.37. The molecule has 28 heavy (non-hydrogen) atoms. The number of carboxylic acids is 1. The van der Waals surface area contributed by atoms with E-state index in [-0.39, 0.29) is 5.92 Å². The van der Waals surface area contributed by atoms with Crippen molar-refractivity contribution in [1.82, 2.24) is 5.32 Å². The van der Waals surface area contributed by atoms with Crippen LogP contribution in [0.5, 0.6) is 5.75 Å². The topological polar surface area (TPSA) is 58.6 Å². The van der Waals surface area contributed by atoms with E-state index in [1.165, 1.54) is 16.7 Å². The van der Waals surface area contributed by atoms with Crippen LogP contribution in [0, 0.1) is 11.8 Å². The number of benzene rings is 2. The fourth-order valence-electron chi connectivity index (χ4n) is 3.77. The van der Waals surface area contributed by atoms with Crippen LogP contribution in [0.4, 0.5) is 0 Å². The van der Waals surface area contributed by atoms with E-state index in [2.05, 4.69) is 55.6 Å². The molecule has 2 atom stereocenters. The average molecular weight is 382 g/mol. The van der Waals surface area contributed by atoms with E-state index in [0.29, 0.717) is 18.6 Å². The van der Waals surface area contributed by atoms with Gasteiger partial charge in [-0.05, 0) is 60.4 Å². The van der Waals surface area contributed by atoms with Crippen LogP contribution in [0.25, 0.3) is 0 Å². The molecule has 0 saturated heterocycles. The SMILES string of the molecule is CC(C)Cc1ccc(COc2ccc(CNC3CCC(C(=O)O)C3)cc2)cc1. The normalized spacial score (nSPS) is 19.1. The quantitative estimate of drug-likeness (QED) is 0.655. The monoisotopic (exact) mass is 381 g/mol. The summed E-state index contributed by atoms with van der Waals surface area (Å²) in [6.45, 7) is 5.79. The third-order valence-electron chi connectivity index (χ3n) is 5.37. The maximum Gasteiger partial charge on any atom is 0.306 e. The summed E-state index contributed by atoms with van der Waals surface area (Å²) in [5.41, 5.74) is 3.73. The first-order chi connectivity index (χ1) is 13.5. The average Bonchev–Trinajstić information content (AvgIpc) is 3.16. The summed E-state index contributed by atoms with van der Waals surface area (Å²) in [5.74, 6) is 0.678. The van der Waals surface area contributed by atoms with Crippen molar-refractivity contribution < 1.29 is 14.6 Å². The Morgan fingerprint density at radius 3 is 2.29 bits per heavy atom. The summed E-state index contributed by atoms with van der Waals surface area (Å²) in [6, 6.07) is 17.1. The number of hydrogen-bond acceptors (Lipinski definition) is 3. The fraction of sp³-hybridized carbons (Fsp3) is 0.458. The Hall–Kier alpha value is -2.33. The smallest absolute Gasteiger partial charge is 0.306 e. The molecule has 0 aliphatic heterocycles. The highest BCUT2D eigenvalue weighted by Gasteiger charge is 2.29. The first kappa shape index (κ1) is 20.4. The van der Waals surface area contributed by atoms with Gasteiger partial charge in [0.1, 0.15) is 12.4 Å². The zero-order chi connectivity index (χ0) is 19.9. The minimum absolute atomic E-state index is 0.187.